The quantitative estimate of drug-likeness (QED) is 0.163. The summed E-state index contributed by atoms with van der Waals surface area (Å²) in [6.07, 6.45) is 0. The minimum atomic E-state index is 0.640. The van der Waals surface area contributed by atoms with Crippen LogP contribution in [0.1, 0.15) is 0 Å². The van der Waals surface area contributed by atoms with Crippen molar-refractivity contribution in [2.75, 3.05) is 0 Å². The molecule has 3 heterocycles. The van der Waals surface area contributed by atoms with E-state index >= 15 is 0 Å². The van der Waals surface area contributed by atoms with Crippen LogP contribution in [-0.4, -0.2) is 14.5 Å². The monoisotopic (exact) mass is 789 g/mol. The summed E-state index contributed by atoms with van der Waals surface area (Å²) in [6, 6.07) is 75.7. The predicted octanol–water partition coefficient (Wildman–Crippen LogP) is 15.6. The minimum absolute atomic E-state index is 0.640. The molecule has 0 aliphatic carbocycles. The number of hydrogen-bond acceptors (Lipinski definition) is 3. The lowest BCUT2D eigenvalue weighted by Gasteiger charge is -2.15. The Bertz CT molecular complexity index is 3930. The molecule has 4 heteroatoms. The van der Waals surface area contributed by atoms with E-state index in [1.54, 1.807) is 0 Å². The second kappa shape index (κ2) is 13.6. The van der Waals surface area contributed by atoms with Gasteiger partial charge in [-0.05, 0) is 80.4 Å². The predicted molar refractivity (Wildman–Crippen MR) is 258 cm³/mol. The Kier molecular flexibility index (Phi) is 7.57. The molecule has 62 heavy (non-hydrogen) atoms. The van der Waals surface area contributed by atoms with E-state index in [0.717, 1.165) is 99.3 Å². The second-order valence-corrected chi connectivity index (χ2v) is 16.1. The van der Waals surface area contributed by atoms with Crippen LogP contribution in [0.4, 0.5) is 0 Å². The fourth-order valence-corrected chi connectivity index (χ4v) is 9.79. The van der Waals surface area contributed by atoms with Crippen molar-refractivity contribution >= 4 is 76.2 Å². The number of hydrogen-bond donors (Lipinski definition) is 0. The third-order valence-corrected chi connectivity index (χ3v) is 12.6. The van der Waals surface area contributed by atoms with Crippen molar-refractivity contribution in [2.45, 2.75) is 0 Å². The number of benzene rings is 10. The van der Waals surface area contributed by atoms with Gasteiger partial charge in [-0.25, -0.2) is 9.97 Å². The van der Waals surface area contributed by atoms with Gasteiger partial charge in [-0.2, -0.15) is 0 Å². The highest BCUT2D eigenvalue weighted by atomic mass is 16.3. The Balaban J connectivity index is 1.06. The molecule has 13 rings (SSSR count). The van der Waals surface area contributed by atoms with E-state index in [0.29, 0.717) is 5.95 Å². The van der Waals surface area contributed by atoms with Gasteiger partial charge in [-0.15, -0.1) is 0 Å². The van der Waals surface area contributed by atoms with Crippen molar-refractivity contribution in [3.63, 3.8) is 0 Å². The van der Waals surface area contributed by atoms with Crippen molar-refractivity contribution in [3.8, 4) is 50.6 Å². The molecule has 0 unspecified atom stereocenters. The Morgan fingerprint density at radius 3 is 1.66 bits per heavy atom. The number of aromatic nitrogens is 3. The highest BCUT2D eigenvalue weighted by Crippen LogP contribution is 2.45. The van der Waals surface area contributed by atoms with Gasteiger partial charge in [0.1, 0.15) is 11.2 Å². The lowest BCUT2D eigenvalue weighted by atomic mass is 9.94. The third kappa shape index (κ3) is 5.27. The SMILES string of the molecule is c1ccc(-c2nc(-n3c4c(-c5cccc(-c6cccc(-c7ccc8oc9ccccc9c8c7)c6)c5)cccc4c4c5ccccc5c5ccccc5c43)nc3ccccc23)cc1. The summed E-state index contributed by atoms with van der Waals surface area (Å²) in [5, 5.41) is 10.4. The Hall–Kier alpha value is -8.34. The molecule has 0 radical (unpaired) electrons. The molecule has 0 saturated heterocycles. The van der Waals surface area contributed by atoms with Crippen LogP contribution in [0.2, 0.25) is 0 Å². The normalized spacial score (nSPS) is 11.9. The summed E-state index contributed by atoms with van der Waals surface area (Å²) in [4.78, 5) is 10.9. The number of rotatable bonds is 5. The second-order valence-electron chi connectivity index (χ2n) is 16.1. The van der Waals surface area contributed by atoms with Gasteiger partial charge in [-0.3, -0.25) is 4.57 Å². The highest BCUT2D eigenvalue weighted by molar-refractivity contribution is 6.33. The lowest BCUT2D eigenvalue weighted by molar-refractivity contribution is 0.669. The molecule has 0 spiro atoms. The molecule has 13 aromatic rings. The van der Waals surface area contributed by atoms with Gasteiger partial charge in [0.2, 0.25) is 5.95 Å². The van der Waals surface area contributed by atoms with E-state index in [1.165, 1.54) is 21.5 Å². The van der Waals surface area contributed by atoms with E-state index in [2.05, 4.69) is 205 Å². The van der Waals surface area contributed by atoms with E-state index in [1.807, 2.05) is 12.1 Å². The molecule has 288 valence electrons. The smallest absolute Gasteiger partial charge is 0.235 e. The summed E-state index contributed by atoms with van der Waals surface area (Å²) < 4.78 is 8.50. The van der Waals surface area contributed by atoms with Crippen LogP contribution in [0.3, 0.4) is 0 Å². The molecular weight excluding hydrogens is 755 g/mol. The standard InChI is InChI=1S/C58H35N3O/c1-2-15-36(16-3-1)55-48-26-8-10-29-51(48)59-58(60-55)61-56-42(27-14-28-49(56)54-46-24-6-4-21-43(46)44-22-5-7-25-47(44)57(54)61)41-20-13-19-39(34-41)37-17-12-18-38(33-37)40-31-32-53-50(35-40)45-23-9-11-30-52(45)62-53/h1-35H. The first-order valence-electron chi connectivity index (χ1n) is 21.1. The summed E-state index contributed by atoms with van der Waals surface area (Å²) in [5.41, 5.74) is 13.7. The fourth-order valence-electron chi connectivity index (χ4n) is 9.79. The number of para-hydroxylation sites is 3. The largest absolute Gasteiger partial charge is 0.456 e. The molecule has 0 N–H and O–H groups in total. The van der Waals surface area contributed by atoms with Gasteiger partial charge in [-0.1, -0.05) is 176 Å². The number of nitrogens with zero attached hydrogens (tertiary/aromatic N) is 3. The maximum Gasteiger partial charge on any atom is 0.235 e. The molecular formula is C58H35N3O. The van der Waals surface area contributed by atoms with E-state index < -0.39 is 0 Å². The molecule has 0 atom stereocenters. The first-order chi connectivity index (χ1) is 30.7. The molecule has 0 bridgehead atoms. The average Bonchev–Trinajstić information content (AvgIpc) is 3.90. The van der Waals surface area contributed by atoms with Gasteiger partial charge >= 0.3 is 0 Å². The lowest BCUT2D eigenvalue weighted by Crippen LogP contribution is -2.04. The van der Waals surface area contributed by atoms with Crippen LogP contribution in [0.25, 0.3) is 127 Å². The van der Waals surface area contributed by atoms with Gasteiger partial charge in [0.05, 0.1) is 22.2 Å². The molecule has 4 nitrogen and oxygen atoms in total. The molecule has 0 amide bonds. The van der Waals surface area contributed by atoms with Crippen molar-refractivity contribution in [3.05, 3.63) is 212 Å². The molecule has 0 fully saturated rings. The molecule has 0 aliphatic rings. The van der Waals surface area contributed by atoms with Gasteiger partial charge in [0, 0.05) is 43.4 Å². The van der Waals surface area contributed by atoms with Crippen LogP contribution >= 0.6 is 0 Å². The van der Waals surface area contributed by atoms with Crippen LogP contribution < -0.4 is 0 Å². The van der Waals surface area contributed by atoms with Gasteiger partial charge in [0.25, 0.3) is 0 Å². The molecule has 0 saturated carbocycles. The van der Waals surface area contributed by atoms with E-state index in [-0.39, 0.29) is 0 Å². The molecule has 0 aliphatic heterocycles. The van der Waals surface area contributed by atoms with Gasteiger partial charge < -0.3 is 4.42 Å². The minimum Gasteiger partial charge on any atom is -0.456 e. The Morgan fingerprint density at radius 2 is 0.871 bits per heavy atom. The van der Waals surface area contributed by atoms with Crippen LogP contribution in [-0.2, 0) is 0 Å². The first-order valence-corrected chi connectivity index (χ1v) is 21.1. The summed E-state index contributed by atoms with van der Waals surface area (Å²) in [5.74, 6) is 0.640. The molecule has 3 aromatic heterocycles. The van der Waals surface area contributed by atoms with Crippen molar-refractivity contribution < 1.29 is 4.42 Å². The number of furan rings is 1. The zero-order valence-electron chi connectivity index (χ0n) is 33.5. The Morgan fingerprint density at radius 1 is 0.323 bits per heavy atom. The van der Waals surface area contributed by atoms with Crippen molar-refractivity contribution in [1.29, 1.82) is 0 Å². The first kappa shape index (κ1) is 34.5. The third-order valence-electron chi connectivity index (χ3n) is 12.6. The summed E-state index contributed by atoms with van der Waals surface area (Å²) in [7, 11) is 0. The maximum atomic E-state index is 6.16. The summed E-state index contributed by atoms with van der Waals surface area (Å²) >= 11 is 0. The Labute approximate surface area is 356 Å². The van der Waals surface area contributed by atoms with Crippen LogP contribution in [0, 0.1) is 0 Å². The zero-order chi connectivity index (χ0) is 40.7. The van der Waals surface area contributed by atoms with Gasteiger partial charge in [0.15, 0.2) is 0 Å². The van der Waals surface area contributed by atoms with Crippen LogP contribution in [0.5, 0.6) is 0 Å². The zero-order valence-corrected chi connectivity index (χ0v) is 33.5. The topological polar surface area (TPSA) is 43.9 Å². The molecule has 10 aromatic carbocycles. The van der Waals surface area contributed by atoms with E-state index in [4.69, 9.17) is 14.4 Å². The summed E-state index contributed by atoms with van der Waals surface area (Å²) in [6.45, 7) is 0. The van der Waals surface area contributed by atoms with E-state index in [9.17, 15) is 0 Å². The highest BCUT2D eigenvalue weighted by Gasteiger charge is 2.24. The van der Waals surface area contributed by atoms with Crippen molar-refractivity contribution in [2.24, 2.45) is 0 Å². The number of fused-ring (bicyclic) bond motifs is 12. The fraction of sp³-hybridized carbons (Fsp3) is 0. The average molecular weight is 790 g/mol. The van der Waals surface area contributed by atoms with Crippen LogP contribution in [0.15, 0.2) is 217 Å². The maximum absolute atomic E-state index is 6.16. The van der Waals surface area contributed by atoms with Crippen molar-refractivity contribution in [1.82, 2.24) is 14.5 Å².